The lowest BCUT2D eigenvalue weighted by molar-refractivity contribution is -0.174. The minimum absolute atomic E-state index is 0.0309. The fourth-order valence-electron chi connectivity index (χ4n) is 1.77. The Morgan fingerprint density at radius 3 is 2.57 bits per heavy atom. The minimum Gasteiger partial charge on any atom is -0.481 e. The molecule has 132 valence electrons. The average molecular weight is 347 g/mol. The third-order valence-corrected chi connectivity index (χ3v) is 3.92. The van der Waals surface area contributed by atoms with Crippen molar-refractivity contribution in [1.29, 1.82) is 0 Å². The Hall–Kier alpha value is -1.29. The molecule has 1 aromatic heterocycles. The van der Waals surface area contributed by atoms with Crippen molar-refractivity contribution in [2.24, 2.45) is 5.92 Å². The quantitative estimate of drug-likeness (QED) is 0.574. The normalized spacial score (nSPS) is 14.7. The Labute approximate surface area is 140 Å². The number of aliphatic carboxylic acids is 1. The summed E-state index contributed by atoms with van der Waals surface area (Å²) in [5.74, 6) is -1.18. The van der Waals surface area contributed by atoms with Gasteiger partial charge < -0.3 is 20.2 Å². The van der Waals surface area contributed by atoms with Crippen molar-refractivity contribution in [2.45, 2.75) is 52.2 Å². The van der Waals surface area contributed by atoms with Crippen molar-refractivity contribution in [3.8, 4) is 5.88 Å². The van der Waals surface area contributed by atoms with E-state index >= 15 is 0 Å². The topological polar surface area (TPSA) is 116 Å². The predicted octanol–water partition coefficient (Wildman–Crippen LogP) is 1.42. The molecule has 0 fully saturated rings. The molecular formula is C14H25N3O5S. The van der Waals surface area contributed by atoms with E-state index in [4.69, 9.17) is 9.84 Å². The number of nitrogens with zero attached hydrogens (tertiary/aromatic N) is 3. The summed E-state index contributed by atoms with van der Waals surface area (Å²) >= 11 is 0.941. The summed E-state index contributed by atoms with van der Waals surface area (Å²) in [4.78, 5) is 11.1. The molecule has 0 aliphatic carbocycles. The van der Waals surface area contributed by atoms with Crippen molar-refractivity contribution < 1.29 is 25.0 Å². The van der Waals surface area contributed by atoms with Gasteiger partial charge in [-0.25, -0.2) is 0 Å². The van der Waals surface area contributed by atoms with Crippen molar-refractivity contribution in [3.05, 3.63) is 5.69 Å². The molecule has 1 heterocycles. The Morgan fingerprint density at radius 1 is 1.39 bits per heavy atom. The van der Waals surface area contributed by atoms with E-state index in [2.05, 4.69) is 8.75 Å². The van der Waals surface area contributed by atoms with E-state index in [9.17, 15) is 15.1 Å². The maximum Gasteiger partial charge on any atom is 0.306 e. The van der Waals surface area contributed by atoms with E-state index in [1.54, 1.807) is 6.92 Å². The van der Waals surface area contributed by atoms with Crippen molar-refractivity contribution in [2.75, 3.05) is 13.2 Å². The van der Waals surface area contributed by atoms with Gasteiger partial charge in [-0.05, 0) is 27.2 Å². The van der Waals surface area contributed by atoms with Crippen molar-refractivity contribution >= 4 is 17.7 Å². The molecule has 8 nitrogen and oxygen atoms in total. The molecule has 23 heavy (non-hydrogen) atoms. The van der Waals surface area contributed by atoms with Gasteiger partial charge in [0, 0.05) is 12.0 Å². The molecular weight excluding hydrogens is 322 g/mol. The molecule has 0 amide bonds. The zero-order chi connectivity index (χ0) is 17.6. The van der Waals surface area contributed by atoms with E-state index < -0.39 is 23.5 Å². The van der Waals surface area contributed by atoms with Crippen LogP contribution in [-0.4, -0.2) is 60.0 Å². The second kappa shape index (κ2) is 8.53. The number of carboxylic acids is 1. The van der Waals surface area contributed by atoms with Crippen LogP contribution in [0.2, 0.25) is 0 Å². The summed E-state index contributed by atoms with van der Waals surface area (Å²) in [5.41, 5.74) is -0.00224. The SMILES string of the molecule is CCC(Cc1nsnc1OCC(O)CN(O)C(C)(C)C)C(=O)O. The van der Waals surface area contributed by atoms with Crippen LogP contribution < -0.4 is 4.74 Å². The standard InChI is InChI=1S/C14H25N3O5S/c1-5-9(13(19)20)6-11-12(16-23-15-11)22-8-10(18)7-17(21)14(2,3)4/h9-10,18,21H,5-8H2,1-4H3,(H,19,20). The first-order valence-corrected chi connectivity index (χ1v) is 8.19. The van der Waals surface area contributed by atoms with E-state index in [1.165, 1.54) is 0 Å². The van der Waals surface area contributed by atoms with Crippen molar-refractivity contribution in [1.82, 2.24) is 13.8 Å². The molecule has 1 aromatic rings. The Bertz CT molecular complexity index is 503. The van der Waals surface area contributed by atoms with Crippen LogP contribution in [0.5, 0.6) is 5.88 Å². The summed E-state index contributed by atoms with van der Waals surface area (Å²) in [6.45, 7) is 7.23. The molecule has 0 radical (unpaired) electrons. The van der Waals surface area contributed by atoms with Crippen LogP contribution in [0.15, 0.2) is 0 Å². The molecule has 0 bridgehead atoms. The highest BCUT2D eigenvalue weighted by Crippen LogP contribution is 2.21. The zero-order valence-corrected chi connectivity index (χ0v) is 14.7. The van der Waals surface area contributed by atoms with Gasteiger partial charge in [-0.15, -0.1) is 4.37 Å². The number of hydrogen-bond acceptors (Lipinski definition) is 8. The molecule has 9 heteroatoms. The molecule has 3 N–H and O–H groups in total. The predicted molar refractivity (Wildman–Crippen MR) is 84.8 cm³/mol. The van der Waals surface area contributed by atoms with Gasteiger partial charge >= 0.3 is 5.97 Å². The summed E-state index contributed by atoms with van der Waals surface area (Å²) in [5, 5.41) is 29.9. The third-order valence-electron chi connectivity index (χ3n) is 3.37. The average Bonchev–Trinajstić information content (AvgIpc) is 2.88. The summed E-state index contributed by atoms with van der Waals surface area (Å²) in [6.07, 6.45) is -0.183. The monoisotopic (exact) mass is 347 g/mol. The third kappa shape index (κ3) is 6.38. The molecule has 0 aliphatic heterocycles. The largest absolute Gasteiger partial charge is 0.481 e. The number of β-amino-alcohol motifs (C(OH)–C–C–N with tert-alkyl or cyclic N) is 1. The van der Waals surface area contributed by atoms with Gasteiger partial charge in [-0.3, -0.25) is 4.79 Å². The maximum absolute atomic E-state index is 11.1. The van der Waals surface area contributed by atoms with Gasteiger partial charge in [0.2, 0.25) is 5.88 Å². The number of aromatic nitrogens is 2. The molecule has 2 unspecified atom stereocenters. The maximum atomic E-state index is 11.1. The second-order valence-electron chi connectivity index (χ2n) is 6.38. The first-order valence-electron chi connectivity index (χ1n) is 7.46. The molecule has 0 saturated carbocycles. The number of hydroxylamine groups is 2. The van der Waals surface area contributed by atoms with Crippen LogP contribution in [0.3, 0.4) is 0 Å². The highest BCUT2D eigenvalue weighted by atomic mass is 32.1. The van der Waals surface area contributed by atoms with Gasteiger partial charge in [0.25, 0.3) is 0 Å². The Balaban J connectivity index is 2.56. The highest BCUT2D eigenvalue weighted by Gasteiger charge is 2.24. The van der Waals surface area contributed by atoms with Gasteiger partial charge in [-0.2, -0.15) is 9.44 Å². The number of aliphatic hydroxyl groups excluding tert-OH is 1. The minimum atomic E-state index is -0.907. The van der Waals surface area contributed by atoms with Gasteiger partial charge in [0.05, 0.1) is 24.2 Å². The van der Waals surface area contributed by atoms with Crippen LogP contribution in [-0.2, 0) is 11.2 Å². The van der Waals surface area contributed by atoms with Crippen LogP contribution in [0.1, 0.15) is 39.8 Å². The summed E-state index contributed by atoms with van der Waals surface area (Å²) < 4.78 is 13.5. The summed E-state index contributed by atoms with van der Waals surface area (Å²) in [7, 11) is 0. The number of aliphatic hydroxyl groups is 1. The van der Waals surface area contributed by atoms with Crippen LogP contribution >= 0.6 is 11.7 Å². The van der Waals surface area contributed by atoms with Crippen LogP contribution in [0, 0.1) is 5.92 Å². The van der Waals surface area contributed by atoms with E-state index in [1.807, 2.05) is 20.8 Å². The molecule has 0 aromatic carbocycles. The number of carbonyl (C=O) groups is 1. The number of ether oxygens (including phenoxy) is 1. The zero-order valence-electron chi connectivity index (χ0n) is 13.9. The van der Waals surface area contributed by atoms with Crippen molar-refractivity contribution in [3.63, 3.8) is 0 Å². The molecule has 0 saturated heterocycles. The molecule has 0 aliphatic rings. The van der Waals surface area contributed by atoms with Crippen LogP contribution in [0.25, 0.3) is 0 Å². The second-order valence-corrected chi connectivity index (χ2v) is 6.91. The van der Waals surface area contributed by atoms with E-state index in [0.717, 1.165) is 16.8 Å². The van der Waals surface area contributed by atoms with Gasteiger partial charge in [-0.1, -0.05) is 6.92 Å². The highest BCUT2D eigenvalue weighted by molar-refractivity contribution is 6.99. The number of rotatable bonds is 9. The molecule has 1 rings (SSSR count). The first-order chi connectivity index (χ1) is 10.6. The smallest absolute Gasteiger partial charge is 0.306 e. The van der Waals surface area contributed by atoms with E-state index in [0.29, 0.717) is 12.1 Å². The number of carboxylic acid groups (broad SMARTS) is 1. The number of hydrogen-bond donors (Lipinski definition) is 3. The lowest BCUT2D eigenvalue weighted by Crippen LogP contribution is -2.44. The molecule has 2 atom stereocenters. The summed E-state index contributed by atoms with van der Waals surface area (Å²) in [6, 6.07) is 0. The lowest BCUT2D eigenvalue weighted by atomic mass is 10.0. The van der Waals surface area contributed by atoms with E-state index in [-0.39, 0.29) is 25.5 Å². The lowest BCUT2D eigenvalue weighted by Gasteiger charge is -2.30. The van der Waals surface area contributed by atoms with Gasteiger partial charge in [0.1, 0.15) is 18.4 Å². The first kappa shape index (κ1) is 19.8. The van der Waals surface area contributed by atoms with Crippen LogP contribution in [0.4, 0.5) is 0 Å². The molecule has 0 spiro atoms. The fourth-order valence-corrected chi connectivity index (χ4v) is 2.30. The van der Waals surface area contributed by atoms with Gasteiger partial charge in [0.15, 0.2) is 0 Å². The Morgan fingerprint density at radius 2 is 2.04 bits per heavy atom. The Kier molecular flexibility index (Phi) is 7.33. The fraction of sp³-hybridized carbons (Fsp3) is 0.786.